The highest BCUT2D eigenvalue weighted by atomic mass is 32.1. The van der Waals surface area contributed by atoms with Gasteiger partial charge in [-0.2, -0.15) is 9.61 Å². The highest BCUT2D eigenvalue weighted by Crippen LogP contribution is 2.41. The predicted molar refractivity (Wildman–Crippen MR) is 95.8 cm³/mol. The maximum Gasteiger partial charge on any atom is 0.275 e. The number of likely N-dealkylation sites (N-methyl/N-ethyl adjacent to an activating group) is 1. The van der Waals surface area contributed by atoms with Crippen LogP contribution in [0.1, 0.15) is 42.1 Å². The molecule has 0 aliphatic heterocycles. The maximum atomic E-state index is 12.3. The third kappa shape index (κ3) is 3.59. The van der Waals surface area contributed by atoms with Crippen LogP contribution in [0.5, 0.6) is 0 Å². The molecule has 8 heteroatoms. The summed E-state index contributed by atoms with van der Waals surface area (Å²) in [4.78, 5) is 28.3. The monoisotopic (exact) mass is 356 g/mol. The quantitative estimate of drug-likeness (QED) is 0.671. The fraction of sp³-hybridized carbons (Fsp3) is 0.471. The second-order valence-corrected chi connectivity index (χ2v) is 7.65. The number of hydrogen-bond donors (Lipinski definition) is 0. The van der Waals surface area contributed by atoms with E-state index in [2.05, 4.69) is 31.9 Å². The van der Waals surface area contributed by atoms with Gasteiger partial charge in [0.1, 0.15) is 5.01 Å². The summed E-state index contributed by atoms with van der Waals surface area (Å²) in [6.07, 6.45) is 8.32. The molecule has 1 atom stereocenters. The van der Waals surface area contributed by atoms with E-state index < -0.39 is 0 Å². The molecule has 1 aliphatic rings. The molecule has 4 rings (SSSR count). The van der Waals surface area contributed by atoms with Gasteiger partial charge in [0, 0.05) is 49.6 Å². The van der Waals surface area contributed by atoms with Crippen LogP contribution in [0.4, 0.5) is 0 Å². The molecule has 0 amide bonds. The molecule has 130 valence electrons. The molecule has 1 aliphatic carbocycles. The van der Waals surface area contributed by atoms with Crippen molar-refractivity contribution in [3.63, 3.8) is 0 Å². The highest BCUT2D eigenvalue weighted by Gasteiger charge is 2.28. The first-order valence-electron chi connectivity index (χ1n) is 8.45. The molecule has 1 saturated carbocycles. The fourth-order valence-corrected chi connectivity index (χ4v) is 3.84. The van der Waals surface area contributed by atoms with Crippen molar-refractivity contribution in [2.75, 3.05) is 7.05 Å². The predicted octanol–water partition coefficient (Wildman–Crippen LogP) is 1.88. The van der Waals surface area contributed by atoms with Crippen LogP contribution in [0.25, 0.3) is 4.96 Å². The van der Waals surface area contributed by atoms with Gasteiger partial charge in [-0.15, -0.1) is 0 Å². The van der Waals surface area contributed by atoms with Crippen LogP contribution in [-0.2, 0) is 13.0 Å². The van der Waals surface area contributed by atoms with Gasteiger partial charge >= 0.3 is 0 Å². The van der Waals surface area contributed by atoms with E-state index in [1.165, 1.54) is 28.7 Å². The van der Waals surface area contributed by atoms with Crippen molar-refractivity contribution in [2.45, 2.75) is 44.7 Å². The van der Waals surface area contributed by atoms with Crippen LogP contribution in [-0.4, -0.2) is 42.6 Å². The molecule has 0 bridgehead atoms. The smallest absolute Gasteiger partial charge is 0.275 e. The summed E-state index contributed by atoms with van der Waals surface area (Å²) in [6, 6.07) is 1.86. The Morgan fingerprint density at radius 3 is 2.92 bits per heavy atom. The van der Waals surface area contributed by atoms with E-state index in [1.54, 1.807) is 24.7 Å². The second kappa shape index (κ2) is 6.61. The lowest BCUT2D eigenvalue weighted by Gasteiger charge is -2.23. The first kappa shape index (κ1) is 16.3. The zero-order valence-electron chi connectivity index (χ0n) is 14.3. The average molecular weight is 356 g/mol. The molecule has 1 unspecified atom stereocenters. The van der Waals surface area contributed by atoms with Crippen LogP contribution < -0.4 is 5.56 Å². The molecule has 0 saturated heterocycles. The number of aromatic nitrogens is 5. The summed E-state index contributed by atoms with van der Waals surface area (Å²) in [5, 5.41) is 5.45. The van der Waals surface area contributed by atoms with Crippen molar-refractivity contribution < 1.29 is 0 Å². The van der Waals surface area contributed by atoms with E-state index in [-0.39, 0.29) is 11.6 Å². The SMILES string of the molecule is CC(Cc1cnccn1)N(C)Cc1cc(=O)n2nc(C3CC3)sc2n1. The molecule has 3 aromatic heterocycles. The Hall–Kier alpha value is -2.19. The second-order valence-electron chi connectivity index (χ2n) is 6.66. The van der Waals surface area contributed by atoms with Gasteiger partial charge in [-0.25, -0.2) is 4.98 Å². The summed E-state index contributed by atoms with van der Waals surface area (Å²) >= 11 is 1.54. The molecule has 0 spiro atoms. The summed E-state index contributed by atoms with van der Waals surface area (Å²) in [7, 11) is 2.03. The van der Waals surface area contributed by atoms with Gasteiger partial charge in [0.2, 0.25) is 4.96 Å². The minimum Gasteiger partial charge on any atom is -0.297 e. The van der Waals surface area contributed by atoms with Crippen LogP contribution in [0.2, 0.25) is 0 Å². The van der Waals surface area contributed by atoms with Crippen molar-refractivity contribution in [3.05, 3.63) is 51.4 Å². The Bertz CT molecular complexity index is 933. The van der Waals surface area contributed by atoms with Gasteiger partial charge in [0.05, 0.1) is 11.4 Å². The van der Waals surface area contributed by atoms with Crippen LogP contribution >= 0.6 is 11.3 Å². The number of rotatable bonds is 6. The molecule has 25 heavy (non-hydrogen) atoms. The molecule has 0 N–H and O–H groups in total. The van der Waals surface area contributed by atoms with Crippen molar-refractivity contribution >= 4 is 16.3 Å². The number of nitrogens with zero attached hydrogens (tertiary/aromatic N) is 6. The summed E-state index contributed by atoms with van der Waals surface area (Å²) in [5.41, 5.74) is 1.64. The summed E-state index contributed by atoms with van der Waals surface area (Å²) in [6.45, 7) is 2.75. The first-order chi connectivity index (χ1) is 12.1. The normalized spacial score (nSPS) is 15.8. The van der Waals surface area contributed by atoms with Crippen molar-refractivity contribution in [1.29, 1.82) is 0 Å². The third-order valence-corrected chi connectivity index (χ3v) is 5.60. The Balaban J connectivity index is 1.50. The minimum absolute atomic E-state index is 0.0990. The van der Waals surface area contributed by atoms with Crippen LogP contribution in [0, 0.1) is 0 Å². The number of hydrogen-bond acceptors (Lipinski definition) is 7. The lowest BCUT2D eigenvalue weighted by atomic mass is 10.1. The topological polar surface area (TPSA) is 76.3 Å². The fourth-order valence-electron chi connectivity index (χ4n) is 2.75. The largest absolute Gasteiger partial charge is 0.297 e. The van der Waals surface area contributed by atoms with Gasteiger partial charge in [-0.3, -0.25) is 19.7 Å². The van der Waals surface area contributed by atoms with E-state index in [9.17, 15) is 4.79 Å². The molecule has 7 nitrogen and oxygen atoms in total. The Labute approximate surface area is 149 Å². The Morgan fingerprint density at radius 1 is 1.36 bits per heavy atom. The van der Waals surface area contributed by atoms with E-state index in [0.717, 1.165) is 22.8 Å². The molecule has 3 heterocycles. The average Bonchev–Trinajstić information content (AvgIpc) is 3.35. The van der Waals surface area contributed by atoms with Gasteiger partial charge in [0.15, 0.2) is 0 Å². The standard InChI is InChI=1S/C17H20N6OS/c1-11(7-13-9-18-5-6-19-13)22(2)10-14-8-15(24)23-17(20-14)25-16(21-23)12-3-4-12/h5-6,8-9,11-12H,3-4,7,10H2,1-2H3. The molecular formula is C17H20N6OS. The highest BCUT2D eigenvalue weighted by molar-refractivity contribution is 7.16. The van der Waals surface area contributed by atoms with Gasteiger partial charge in [0.25, 0.3) is 5.56 Å². The molecule has 0 aromatic carbocycles. The molecule has 0 radical (unpaired) electrons. The maximum absolute atomic E-state index is 12.3. The molecule has 1 fully saturated rings. The minimum atomic E-state index is -0.0990. The van der Waals surface area contributed by atoms with E-state index in [4.69, 9.17) is 0 Å². The van der Waals surface area contributed by atoms with Crippen molar-refractivity contribution in [3.8, 4) is 0 Å². The van der Waals surface area contributed by atoms with E-state index in [1.807, 2.05) is 7.05 Å². The Kier molecular flexibility index (Phi) is 4.30. The van der Waals surface area contributed by atoms with Crippen molar-refractivity contribution in [2.24, 2.45) is 0 Å². The van der Waals surface area contributed by atoms with E-state index >= 15 is 0 Å². The van der Waals surface area contributed by atoms with Gasteiger partial charge in [-0.1, -0.05) is 11.3 Å². The summed E-state index contributed by atoms with van der Waals surface area (Å²) < 4.78 is 1.44. The summed E-state index contributed by atoms with van der Waals surface area (Å²) in [5.74, 6) is 0.532. The Morgan fingerprint density at radius 2 is 2.20 bits per heavy atom. The molecule has 3 aromatic rings. The van der Waals surface area contributed by atoms with Crippen LogP contribution in [0.3, 0.4) is 0 Å². The van der Waals surface area contributed by atoms with Gasteiger partial charge in [-0.05, 0) is 26.8 Å². The van der Waals surface area contributed by atoms with Gasteiger partial charge < -0.3 is 0 Å². The van der Waals surface area contributed by atoms with Crippen LogP contribution in [0.15, 0.2) is 29.5 Å². The lowest BCUT2D eigenvalue weighted by Crippen LogP contribution is -2.31. The zero-order valence-corrected chi connectivity index (χ0v) is 15.1. The zero-order chi connectivity index (χ0) is 17.4. The van der Waals surface area contributed by atoms with Crippen molar-refractivity contribution in [1.82, 2.24) is 29.5 Å². The third-order valence-electron chi connectivity index (χ3n) is 4.53. The van der Waals surface area contributed by atoms with E-state index in [0.29, 0.717) is 17.4 Å². The first-order valence-corrected chi connectivity index (χ1v) is 9.26. The molecular weight excluding hydrogens is 336 g/mol. The lowest BCUT2D eigenvalue weighted by molar-refractivity contribution is 0.244. The number of fused-ring (bicyclic) bond motifs is 1.